The second kappa shape index (κ2) is 4.81. The zero-order chi connectivity index (χ0) is 9.68. The van der Waals surface area contributed by atoms with Crippen molar-refractivity contribution in [3.8, 4) is 5.75 Å². The van der Waals surface area contributed by atoms with Crippen LogP contribution in [-0.4, -0.2) is 23.8 Å². The molecule has 13 heavy (non-hydrogen) atoms. The maximum Gasteiger partial charge on any atom is 0.266 e. The summed E-state index contributed by atoms with van der Waals surface area (Å²) in [5.41, 5.74) is 0.826. The Kier molecular flexibility index (Phi) is 3.70. The van der Waals surface area contributed by atoms with Crippen LogP contribution >= 0.6 is 0 Å². The van der Waals surface area contributed by atoms with Crippen LogP contribution in [0.3, 0.4) is 0 Å². The highest BCUT2D eigenvalue weighted by Gasteiger charge is 1.99. The smallest absolute Gasteiger partial charge is 0.266 e. The Morgan fingerprint density at radius 2 is 2.15 bits per heavy atom. The number of methoxy groups -OCH3 is 1. The Balaban J connectivity index is 2.56. The number of ether oxygens (including phenoxy) is 2. The third-order valence-electron chi connectivity index (χ3n) is 1.53. The molecule has 0 atom stereocenters. The van der Waals surface area contributed by atoms with Gasteiger partial charge >= 0.3 is 0 Å². The predicted octanol–water partition coefficient (Wildman–Crippen LogP) is 0.480. The molecule has 0 aromatic heterocycles. The molecule has 1 aromatic carbocycles. The molecule has 72 valence electrons. The van der Waals surface area contributed by atoms with Crippen LogP contribution in [0.4, 0.5) is 0 Å². The number of hydrogen-bond donors (Lipinski definition) is 2. The first kappa shape index (κ1) is 9.98. The van der Waals surface area contributed by atoms with Gasteiger partial charge < -0.3 is 19.7 Å². The minimum atomic E-state index is -1.73. The van der Waals surface area contributed by atoms with Gasteiger partial charge in [-0.05, 0) is 17.7 Å². The first-order valence-electron chi connectivity index (χ1n) is 3.83. The summed E-state index contributed by atoms with van der Waals surface area (Å²) in [6, 6.07) is 7.19. The zero-order valence-corrected chi connectivity index (χ0v) is 7.30. The quantitative estimate of drug-likeness (QED) is 0.668. The van der Waals surface area contributed by atoms with E-state index in [1.807, 2.05) is 6.07 Å². The molecule has 0 aliphatic carbocycles. The van der Waals surface area contributed by atoms with Gasteiger partial charge in [0, 0.05) is 0 Å². The van der Waals surface area contributed by atoms with Crippen LogP contribution in [0.25, 0.3) is 0 Å². The van der Waals surface area contributed by atoms with Crippen molar-refractivity contribution in [3.05, 3.63) is 29.8 Å². The first-order valence-corrected chi connectivity index (χ1v) is 3.83. The molecule has 0 saturated carbocycles. The van der Waals surface area contributed by atoms with Crippen LogP contribution in [-0.2, 0) is 11.3 Å². The molecule has 0 heterocycles. The van der Waals surface area contributed by atoms with E-state index in [0.717, 1.165) is 5.56 Å². The summed E-state index contributed by atoms with van der Waals surface area (Å²) in [5.74, 6) is 0.716. The van der Waals surface area contributed by atoms with E-state index in [-0.39, 0.29) is 6.61 Å². The maximum atomic E-state index is 8.44. The van der Waals surface area contributed by atoms with E-state index in [0.29, 0.717) is 5.75 Å². The van der Waals surface area contributed by atoms with Crippen LogP contribution < -0.4 is 4.74 Å². The third kappa shape index (κ3) is 3.42. The molecule has 1 aromatic rings. The maximum absolute atomic E-state index is 8.44. The molecule has 0 radical (unpaired) electrons. The topological polar surface area (TPSA) is 58.9 Å². The molecule has 0 spiro atoms. The normalized spacial score (nSPS) is 10.5. The molecule has 4 heteroatoms. The van der Waals surface area contributed by atoms with Crippen molar-refractivity contribution in [1.82, 2.24) is 0 Å². The summed E-state index contributed by atoms with van der Waals surface area (Å²) < 4.78 is 9.56. The Bertz CT molecular complexity index is 260. The van der Waals surface area contributed by atoms with Crippen LogP contribution in [0.5, 0.6) is 5.75 Å². The van der Waals surface area contributed by atoms with Gasteiger partial charge in [0.15, 0.2) is 0 Å². The standard InChI is InChI=1S/C9H12O4/c1-12-8-4-2-3-7(5-8)6-13-9(10)11/h2-5,9-11H,6H2,1H3. The van der Waals surface area contributed by atoms with Crippen molar-refractivity contribution >= 4 is 0 Å². The van der Waals surface area contributed by atoms with Gasteiger partial charge in [0.2, 0.25) is 0 Å². The molecular formula is C9H12O4. The van der Waals surface area contributed by atoms with Gasteiger partial charge in [-0.1, -0.05) is 12.1 Å². The van der Waals surface area contributed by atoms with Crippen LogP contribution in [0.2, 0.25) is 0 Å². The number of aliphatic hydroxyl groups excluding tert-OH is 1. The summed E-state index contributed by atoms with van der Waals surface area (Å²) in [7, 11) is 1.57. The molecule has 2 N–H and O–H groups in total. The van der Waals surface area contributed by atoms with Crippen molar-refractivity contribution in [1.29, 1.82) is 0 Å². The highest BCUT2D eigenvalue weighted by molar-refractivity contribution is 5.27. The molecule has 0 aliphatic rings. The minimum absolute atomic E-state index is 0.148. The Morgan fingerprint density at radius 1 is 1.38 bits per heavy atom. The van der Waals surface area contributed by atoms with Crippen molar-refractivity contribution in [2.45, 2.75) is 13.1 Å². The van der Waals surface area contributed by atoms with E-state index >= 15 is 0 Å². The largest absolute Gasteiger partial charge is 0.497 e. The van der Waals surface area contributed by atoms with Crippen molar-refractivity contribution in [2.24, 2.45) is 0 Å². The SMILES string of the molecule is COc1cccc(COC(O)O)c1. The van der Waals surface area contributed by atoms with Gasteiger partial charge in [-0.15, -0.1) is 0 Å². The number of hydrogen-bond acceptors (Lipinski definition) is 4. The molecule has 1 rings (SSSR count). The van der Waals surface area contributed by atoms with Crippen LogP contribution in [0.15, 0.2) is 24.3 Å². The molecular weight excluding hydrogens is 172 g/mol. The average Bonchev–Trinajstić information content (AvgIpc) is 2.15. The second-order valence-electron chi connectivity index (χ2n) is 2.49. The fourth-order valence-corrected chi connectivity index (χ4v) is 0.933. The van der Waals surface area contributed by atoms with E-state index in [1.54, 1.807) is 25.3 Å². The lowest BCUT2D eigenvalue weighted by atomic mass is 10.2. The van der Waals surface area contributed by atoms with Crippen molar-refractivity contribution in [3.63, 3.8) is 0 Å². The van der Waals surface area contributed by atoms with Crippen molar-refractivity contribution in [2.75, 3.05) is 7.11 Å². The molecule has 0 unspecified atom stereocenters. The van der Waals surface area contributed by atoms with Crippen molar-refractivity contribution < 1.29 is 19.7 Å². The van der Waals surface area contributed by atoms with E-state index in [4.69, 9.17) is 14.9 Å². The lowest BCUT2D eigenvalue weighted by Gasteiger charge is -2.06. The number of rotatable bonds is 4. The Labute approximate surface area is 76.3 Å². The molecule has 0 aliphatic heterocycles. The van der Waals surface area contributed by atoms with Gasteiger partial charge in [-0.2, -0.15) is 0 Å². The zero-order valence-electron chi connectivity index (χ0n) is 7.30. The highest BCUT2D eigenvalue weighted by Crippen LogP contribution is 2.13. The molecule has 0 amide bonds. The highest BCUT2D eigenvalue weighted by atomic mass is 16.7. The Morgan fingerprint density at radius 3 is 2.77 bits per heavy atom. The van der Waals surface area contributed by atoms with Gasteiger partial charge in [-0.25, -0.2) is 0 Å². The summed E-state index contributed by atoms with van der Waals surface area (Å²) >= 11 is 0. The van der Waals surface area contributed by atoms with Gasteiger partial charge in [0.05, 0.1) is 13.7 Å². The van der Waals surface area contributed by atoms with Gasteiger partial charge in [0.1, 0.15) is 5.75 Å². The average molecular weight is 184 g/mol. The van der Waals surface area contributed by atoms with E-state index in [1.165, 1.54) is 0 Å². The molecule has 0 saturated heterocycles. The first-order chi connectivity index (χ1) is 6.22. The summed E-state index contributed by atoms with van der Waals surface area (Å²) in [6.07, 6.45) is 0. The summed E-state index contributed by atoms with van der Waals surface area (Å²) in [5, 5.41) is 16.9. The summed E-state index contributed by atoms with van der Waals surface area (Å²) in [6.45, 7) is -1.58. The third-order valence-corrected chi connectivity index (χ3v) is 1.53. The molecule has 0 fully saturated rings. The fraction of sp³-hybridized carbons (Fsp3) is 0.333. The lowest BCUT2D eigenvalue weighted by Crippen LogP contribution is -2.09. The van der Waals surface area contributed by atoms with E-state index in [2.05, 4.69) is 4.74 Å². The molecule has 0 bridgehead atoms. The lowest BCUT2D eigenvalue weighted by molar-refractivity contribution is -0.240. The Hall–Kier alpha value is -1.10. The monoisotopic (exact) mass is 184 g/mol. The van der Waals surface area contributed by atoms with Crippen LogP contribution in [0.1, 0.15) is 5.56 Å². The van der Waals surface area contributed by atoms with E-state index < -0.39 is 6.48 Å². The predicted molar refractivity (Wildman–Crippen MR) is 46.0 cm³/mol. The minimum Gasteiger partial charge on any atom is -0.497 e. The van der Waals surface area contributed by atoms with Gasteiger partial charge in [-0.3, -0.25) is 0 Å². The molecule has 4 nitrogen and oxygen atoms in total. The van der Waals surface area contributed by atoms with Gasteiger partial charge in [0.25, 0.3) is 6.48 Å². The second-order valence-corrected chi connectivity index (χ2v) is 2.49. The number of aliphatic hydroxyl groups is 2. The van der Waals surface area contributed by atoms with E-state index in [9.17, 15) is 0 Å². The summed E-state index contributed by atoms with van der Waals surface area (Å²) in [4.78, 5) is 0. The fourth-order valence-electron chi connectivity index (χ4n) is 0.933. The number of benzene rings is 1. The van der Waals surface area contributed by atoms with Crippen LogP contribution in [0, 0.1) is 0 Å².